The van der Waals surface area contributed by atoms with Crippen LogP contribution in [0.25, 0.3) is 0 Å². The van der Waals surface area contributed by atoms with E-state index >= 15 is 0 Å². The number of rotatable bonds is 6. The Bertz CT molecular complexity index is 481. The number of carboxylic acids is 1. The van der Waals surface area contributed by atoms with Gasteiger partial charge in [0.15, 0.2) is 0 Å². The smallest absolute Gasteiger partial charge is 0.336 e. The number of nitrogens with zero attached hydrogens (tertiary/aromatic N) is 1. The number of ether oxygens (including phenoxy) is 1. The molecule has 1 aromatic rings. The second kappa shape index (κ2) is 7.46. The van der Waals surface area contributed by atoms with Crippen LogP contribution in [0.15, 0.2) is 18.2 Å². The van der Waals surface area contributed by atoms with Gasteiger partial charge in [-0.3, -0.25) is 0 Å². The zero-order chi connectivity index (χ0) is 15.2. The standard InChI is InChI=1S/C17H25NO3/c1-13(12-18-9-4-3-5-10-18)11-15-14(17(19)20)7-6-8-16(15)21-2/h6-8,13H,3-5,9-12H2,1-2H3,(H,19,20). The lowest BCUT2D eigenvalue weighted by atomic mass is 9.95. The van der Waals surface area contributed by atoms with E-state index in [-0.39, 0.29) is 0 Å². The first kappa shape index (κ1) is 15.8. The van der Waals surface area contributed by atoms with E-state index in [0.717, 1.165) is 18.5 Å². The molecule has 0 aliphatic carbocycles. The highest BCUT2D eigenvalue weighted by Crippen LogP contribution is 2.26. The van der Waals surface area contributed by atoms with E-state index in [9.17, 15) is 9.90 Å². The van der Waals surface area contributed by atoms with Gasteiger partial charge in [-0.1, -0.05) is 19.4 Å². The first-order chi connectivity index (χ1) is 10.1. The third-order valence-electron chi connectivity index (χ3n) is 4.15. The van der Waals surface area contributed by atoms with Crippen molar-refractivity contribution in [3.05, 3.63) is 29.3 Å². The molecule has 1 atom stereocenters. The lowest BCUT2D eigenvalue weighted by Crippen LogP contribution is -2.34. The van der Waals surface area contributed by atoms with Gasteiger partial charge in [-0.2, -0.15) is 0 Å². The first-order valence-corrected chi connectivity index (χ1v) is 7.73. The van der Waals surface area contributed by atoms with Gasteiger partial charge in [0, 0.05) is 12.1 Å². The summed E-state index contributed by atoms with van der Waals surface area (Å²) in [4.78, 5) is 13.9. The van der Waals surface area contributed by atoms with Crippen LogP contribution in [0, 0.1) is 5.92 Å². The zero-order valence-corrected chi connectivity index (χ0v) is 13.0. The van der Waals surface area contributed by atoms with Gasteiger partial charge in [0.2, 0.25) is 0 Å². The van der Waals surface area contributed by atoms with Crippen molar-refractivity contribution in [3.8, 4) is 5.75 Å². The first-order valence-electron chi connectivity index (χ1n) is 7.73. The summed E-state index contributed by atoms with van der Waals surface area (Å²) < 4.78 is 5.35. The minimum Gasteiger partial charge on any atom is -0.496 e. The Morgan fingerprint density at radius 2 is 2.05 bits per heavy atom. The molecule has 0 bridgehead atoms. The second-order valence-electron chi connectivity index (χ2n) is 5.96. The maximum absolute atomic E-state index is 11.4. The molecule has 1 aromatic carbocycles. The fourth-order valence-electron chi connectivity index (χ4n) is 3.16. The lowest BCUT2D eigenvalue weighted by molar-refractivity contribution is 0.0695. The molecule has 21 heavy (non-hydrogen) atoms. The van der Waals surface area contributed by atoms with Crippen molar-refractivity contribution in [2.24, 2.45) is 5.92 Å². The maximum Gasteiger partial charge on any atom is 0.336 e. The van der Waals surface area contributed by atoms with Crippen molar-refractivity contribution in [1.29, 1.82) is 0 Å². The number of carboxylic acid groups (broad SMARTS) is 1. The van der Waals surface area contributed by atoms with Gasteiger partial charge in [-0.25, -0.2) is 4.79 Å². The van der Waals surface area contributed by atoms with Crippen LogP contribution in [-0.4, -0.2) is 42.7 Å². The fraction of sp³-hybridized carbons (Fsp3) is 0.588. The summed E-state index contributed by atoms with van der Waals surface area (Å²) in [5.41, 5.74) is 1.18. The van der Waals surface area contributed by atoms with E-state index < -0.39 is 5.97 Å². The average Bonchev–Trinajstić information content (AvgIpc) is 2.48. The molecule has 1 aliphatic rings. The van der Waals surface area contributed by atoms with Gasteiger partial charge in [0.05, 0.1) is 12.7 Å². The zero-order valence-electron chi connectivity index (χ0n) is 13.0. The Hall–Kier alpha value is -1.55. The third kappa shape index (κ3) is 4.21. The Kier molecular flexibility index (Phi) is 5.62. The van der Waals surface area contributed by atoms with Crippen molar-refractivity contribution in [1.82, 2.24) is 4.90 Å². The third-order valence-corrected chi connectivity index (χ3v) is 4.15. The van der Waals surface area contributed by atoms with Crippen molar-refractivity contribution in [3.63, 3.8) is 0 Å². The molecule has 0 saturated carbocycles. The number of hydrogen-bond acceptors (Lipinski definition) is 3. The quantitative estimate of drug-likeness (QED) is 0.875. The van der Waals surface area contributed by atoms with Gasteiger partial charge in [0.1, 0.15) is 5.75 Å². The molecule has 1 fully saturated rings. The summed E-state index contributed by atoms with van der Waals surface area (Å²) in [5.74, 6) is 0.215. The van der Waals surface area contributed by atoms with Crippen LogP contribution in [0.2, 0.25) is 0 Å². The Morgan fingerprint density at radius 3 is 2.67 bits per heavy atom. The van der Waals surface area contributed by atoms with Crippen molar-refractivity contribution < 1.29 is 14.6 Å². The topological polar surface area (TPSA) is 49.8 Å². The molecular weight excluding hydrogens is 266 g/mol. The molecule has 1 saturated heterocycles. The van der Waals surface area contributed by atoms with E-state index in [1.807, 2.05) is 6.07 Å². The Labute approximate surface area is 126 Å². The molecule has 0 amide bonds. The van der Waals surface area contributed by atoms with E-state index in [4.69, 9.17) is 4.74 Å². The van der Waals surface area contributed by atoms with Gasteiger partial charge in [0.25, 0.3) is 0 Å². The summed E-state index contributed by atoms with van der Waals surface area (Å²) >= 11 is 0. The summed E-state index contributed by atoms with van der Waals surface area (Å²) in [6, 6.07) is 5.24. The molecule has 0 spiro atoms. The lowest BCUT2D eigenvalue weighted by Gasteiger charge is -2.29. The van der Waals surface area contributed by atoms with Crippen molar-refractivity contribution in [2.75, 3.05) is 26.7 Å². The minimum atomic E-state index is -0.880. The number of piperidine rings is 1. The summed E-state index contributed by atoms with van der Waals surface area (Å²) in [7, 11) is 1.60. The van der Waals surface area contributed by atoms with Gasteiger partial charge in [-0.15, -0.1) is 0 Å². The molecule has 2 rings (SSSR count). The second-order valence-corrected chi connectivity index (χ2v) is 5.96. The highest BCUT2D eigenvalue weighted by molar-refractivity contribution is 5.90. The molecule has 4 nitrogen and oxygen atoms in total. The number of likely N-dealkylation sites (tertiary alicyclic amines) is 1. The van der Waals surface area contributed by atoms with E-state index in [0.29, 0.717) is 17.2 Å². The number of benzene rings is 1. The van der Waals surface area contributed by atoms with Crippen LogP contribution in [0.3, 0.4) is 0 Å². The summed E-state index contributed by atoms with van der Waals surface area (Å²) in [5, 5.41) is 9.35. The predicted octanol–water partition coefficient (Wildman–Crippen LogP) is 3.06. The monoisotopic (exact) mass is 291 g/mol. The minimum absolute atomic E-state index is 0.361. The van der Waals surface area contributed by atoms with Crippen molar-refractivity contribution >= 4 is 5.97 Å². The predicted molar refractivity (Wildman–Crippen MR) is 83.1 cm³/mol. The highest BCUT2D eigenvalue weighted by atomic mass is 16.5. The van der Waals surface area contributed by atoms with E-state index in [1.165, 1.54) is 32.4 Å². The molecule has 0 aromatic heterocycles. The molecule has 1 unspecified atom stereocenters. The molecular formula is C17H25NO3. The normalized spacial score (nSPS) is 17.4. The average molecular weight is 291 g/mol. The van der Waals surface area contributed by atoms with Crippen LogP contribution in [0.4, 0.5) is 0 Å². The Morgan fingerprint density at radius 1 is 1.33 bits per heavy atom. The van der Waals surface area contributed by atoms with Crippen LogP contribution < -0.4 is 4.74 Å². The highest BCUT2D eigenvalue weighted by Gasteiger charge is 2.19. The van der Waals surface area contributed by atoms with Crippen LogP contribution in [-0.2, 0) is 6.42 Å². The van der Waals surface area contributed by atoms with Gasteiger partial charge < -0.3 is 14.7 Å². The van der Waals surface area contributed by atoms with Gasteiger partial charge in [-0.05, 0) is 50.4 Å². The molecule has 1 N–H and O–H groups in total. The largest absolute Gasteiger partial charge is 0.496 e. The molecule has 4 heteroatoms. The van der Waals surface area contributed by atoms with Gasteiger partial charge >= 0.3 is 5.97 Å². The van der Waals surface area contributed by atoms with E-state index in [2.05, 4.69) is 11.8 Å². The maximum atomic E-state index is 11.4. The van der Waals surface area contributed by atoms with Crippen LogP contribution in [0.5, 0.6) is 5.75 Å². The number of hydrogen-bond donors (Lipinski definition) is 1. The fourth-order valence-corrected chi connectivity index (χ4v) is 3.16. The van der Waals surface area contributed by atoms with Crippen LogP contribution >= 0.6 is 0 Å². The molecule has 1 aliphatic heterocycles. The van der Waals surface area contributed by atoms with E-state index in [1.54, 1.807) is 19.2 Å². The molecule has 116 valence electrons. The van der Waals surface area contributed by atoms with Crippen LogP contribution in [0.1, 0.15) is 42.1 Å². The SMILES string of the molecule is COc1cccc(C(=O)O)c1CC(C)CN1CCCCC1. The molecule has 0 radical (unpaired) electrons. The number of aromatic carboxylic acids is 1. The Balaban J connectivity index is 2.08. The number of methoxy groups -OCH3 is 1. The molecule has 1 heterocycles. The van der Waals surface area contributed by atoms with Crippen molar-refractivity contribution in [2.45, 2.75) is 32.6 Å². The summed E-state index contributed by atoms with van der Waals surface area (Å²) in [6.45, 7) is 5.55. The summed E-state index contributed by atoms with van der Waals surface area (Å²) in [6.07, 6.45) is 4.63. The number of carbonyl (C=O) groups is 1.